The maximum absolute atomic E-state index is 12.7. The van der Waals surface area contributed by atoms with E-state index in [1.54, 1.807) is 12.1 Å². The second-order valence-corrected chi connectivity index (χ2v) is 6.17. The van der Waals surface area contributed by atoms with Crippen LogP contribution in [0.4, 0.5) is 8.78 Å². The van der Waals surface area contributed by atoms with Gasteiger partial charge in [-0.1, -0.05) is 18.2 Å². The van der Waals surface area contributed by atoms with Gasteiger partial charge >= 0.3 is 0 Å². The minimum atomic E-state index is -2.40. The van der Waals surface area contributed by atoms with Gasteiger partial charge in [0.1, 0.15) is 0 Å². The first-order chi connectivity index (χ1) is 9.74. The maximum Gasteiger partial charge on any atom is 0.263 e. The lowest BCUT2D eigenvalue weighted by molar-refractivity contribution is 0.151. The first kappa shape index (κ1) is 13.7. The quantitative estimate of drug-likeness (QED) is 0.849. The van der Waals surface area contributed by atoms with E-state index in [-0.39, 0.29) is 5.56 Å². The van der Waals surface area contributed by atoms with Gasteiger partial charge in [0.15, 0.2) is 0 Å². The third kappa shape index (κ3) is 2.91. The van der Waals surface area contributed by atoms with Crippen molar-refractivity contribution in [2.24, 2.45) is 0 Å². The Balaban J connectivity index is 1.67. The molecule has 0 radical (unpaired) electrons. The van der Waals surface area contributed by atoms with Crippen LogP contribution in [0.15, 0.2) is 35.7 Å². The fourth-order valence-electron chi connectivity index (χ4n) is 2.78. The van der Waals surface area contributed by atoms with Gasteiger partial charge in [-0.2, -0.15) is 0 Å². The highest BCUT2D eigenvalue weighted by Crippen LogP contribution is 2.33. The third-order valence-electron chi connectivity index (χ3n) is 3.81. The predicted molar refractivity (Wildman–Crippen MR) is 78.2 cm³/mol. The molecular weight excluding hydrogens is 276 g/mol. The molecule has 20 heavy (non-hydrogen) atoms. The number of fused-ring (bicyclic) bond motifs is 1. The molecule has 1 atom stereocenters. The molecule has 0 aliphatic heterocycles. The first-order valence-electron chi connectivity index (χ1n) is 6.90. The molecule has 1 aliphatic carbocycles. The lowest BCUT2D eigenvalue weighted by atomic mass is 9.94. The number of hydrogen-bond donors (Lipinski definition) is 1. The molecule has 106 valence electrons. The van der Waals surface area contributed by atoms with Crippen LogP contribution in [0.1, 0.15) is 46.9 Å². The van der Waals surface area contributed by atoms with Gasteiger partial charge in [-0.15, -0.1) is 11.3 Å². The molecule has 0 saturated carbocycles. The Labute approximate surface area is 121 Å². The van der Waals surface area contributed by atoms with Crippen molar-refractivity contribution in [3.05, 3.63) is 57.3 Å². The van der Waals surface area contributed by atoms with Gasteiger partial charge in [0.25, 0.3) is 6.43 Å². The van der Waals surface area contributed by atoms with Gasteiger partial charge in [0.05, 0.1) is 0 Å². The number of halogens is 2. The third-order valence-corrected chi connectivity index (χ3v) is 4.80. The van der Waals surface area contributed by atoms with Gasteiger partial charge in [0, 0.05) is 23.0 Å². The van der Waals surface area contributed by atoms with Crippen molar-refractivity contribution in [2.45, 2.75) is 38.3 Å². The van der Waals surface area contributed by atoms with Crippen LogP contribution >= 0.6 is 11.3 Å². The summed E-state index contributed by atoms with van der Waals surface area (Å²) in [4.78, 5) is 1.47. The molecule has 1 aliphatic rings. The number of alkyl halides is 2. The van der Waals surface area contributed by atoms with Crippen molar-refractivity contribution >= 4 is 11.3 Å². The fraction of sp³-hybridized carbons (Fsp3) is 0.375. The van der Waals surface area contributed by atoms with E-state index in [0.29, 0.717) is 12.6 Å². The molecule has 0 bridgehead atoms. The number of aryl methyl sites for hydroxylation is 1. The summed E-state index contributed by atoms with van der Waals surface area (Å²) in [6.07, 6.45) is 1.10. The van der Waals surface area contributed by atoms with Crippen LogP contribution in [0.5, 0.6) is 0 Å². The lowest BCUT2D eigenvalue weighted by Gasteiger charge is -2.24. The molecule has 0 spiro atoms. The maximum atomic E-state index is 12.7. The van der Waals surface area contributed by atoms with Crippen molar-refractivity contribution in [1.29, 1.82) is 0 Å². The molecule has 0 saturated heterocycles. The Bertz CT molecular complexity index is 579. The molecule has 4 heteroatoms. The van der Waals surface area contributed by atoms with E-state index in [9.17, 15) is 8.78 Å². The SMILES string of the molecule is FC(F)c1cccc(CNC2CCCc3sccc32)c1. The van der Waals surface area contributed by atoms with Gasteiger partial charge in [-0.3, -0.25) is 0 Å². The van der Waals surface area contributed by atoms with Crippen LogP contribution in [-0.2, 0) is 13.0 Å². The van der Waals surface area contributed by atoms with Crippen molar-refractivity contribution in [3.63, 3.8) is 0 Å². The number of thiophene rings is 1. The van der Waals surface area contributed by atoms with Gasteiger partial charge < -0.3 is 5.32 Å². The summed E-state index contributed by atoms with van der Waals surface area (Å²) >= 11 is 1.82. The molecule has 1 nitrogen and oxygen atoms in total. The minimum Gasteiger partial charge on any atom is -0.306 e. The van der Waals surface area contributed by atoms with Gasteiger partial charge in [0.2, 0.25) is 0 Å². The molecule has 1 heterocycles. The molecule has 1 unspecified atom stereocenters. The number of nitrogens with one attached hydrogen (secondary N) is 1. The van der Waals surface area contributed by atoms with Crippen LogP contribution in [0, 0.1) is 0 Å². The molecule has 3 rings (SSSR count). The van der Waals surface area contributed by atoms with Crippen LogP contribution < -0.4 is 5.32 Å². The van der Waals surface area contributed by atoms with E-state index in [0.717, 1.165) is 12.0 Å². The molecule has 2 aromatic rings. The Morgan fingerprint density at radius 2 is 2.20 bits per heavy atom. The first-order valence-corrected chi connectivity index (χ1v) is 7.78. The summed E-state index contributed by atoms with van der Waals surface area (Å²) in [5.41, 5.74) is 2.42. The molecule has 1 aromatic heterocycles. The fourth-order valence-corrected chi connectivity index (χ4v) is 3.77. The minimum absolute atomic E-state index is 0.101. The molecule has 0 fully saturated rings. The van der Waals surface area contributed by atoms with Crippen molar-refractivity contribution in [2.75, 3.05) is 0 Å². The average molecular weight is 293 g/mol. The van der Waals surface area contributed by atoms with Crippen molar-refractivity contribution in [1.82, 2.24) is 5.32 Å². The summed E-state index contributed by atoms with van der Waals surface area (Å²) in [5.74, 6) is 0. The number of hydrogen-bond acceptors (Lipinski definition) is 2. The van der Waals surface area contributed by atoms with E-state index in [2.05, 4.69) is 16.8 Å². The molecule has 1 N–H and O–H groups in total. The highest BCUT2D eigenvalue weighted by Gasteiger charge is 2.20. The Morgan fingerprint density at radius 1 is 1.30 bits per heavy atom. The van der Waals surface area contributed by atoms with E-state index in [1.807, 2.05) is 17.4 Å². The highest BCUT2D eigenvalue weighted by molar-refractivity contribution is 7.10. The summed E-state index contributed by atoms with van der Waals surface area (Å²) < 4.78 is 25.4. The van der Waals surface area contributed by atoms with Crippen LogP contribution in [0.25, 0.3) is 0 Å². The number of benzene rings is 1. The molecule has 0 amide bonds. The van der Waals surface area contributed by atoms with Crippen molar-refractivity contribution in [3.8, 4) is 0 Å². The topological polar surface area (TPSA) is 12.0 Å². The van der Waals surface area contributed by atoms with E-state index >= 15 is 0 Å². The summed E-state index contributed by atoms with van der Waals surface area (Å²) in [6, 6.07) is 9.22. The number of rotatable bonds is 4. The summed E-state index contributed by atoms with van der Waals surface area (Å²) in [6.45, 7) is 0.639. The second-order valence-electron chi connectivity index (χ2n) is 5.17. The Hall–Kier alpha value is -1.26. The standard InChI is InChI=1S/C16H17F2NS/c17-16(18)12-4-1-3-11(9-12)10-19-14-5-2-6-15-13(14)7-8-20-15/h1,3-4,7-9,14,16,19H,2,5-6,10H2. The van der Waals surface area contributed by atoms with Crippen LogP contribution in [-0.4, -0.2) is 0 Å². The zero-order chi connectivity index (χ0) is 13.9. The van der Waals surface area contributed by atoms with Crippen molar-refractivity contribution < 1.29 is 8.78 Å². The summed E-state index contributed by atoms with van der Waals surface area (Å²) in [7, 11) is 0. The zero-order valence-corrected chi connectivity index (χ0v) is 11.9. The van der Waals surface area contributed by atoms with Gasteiger partial charge in [-0.25, -0.2) is 8.78 Å². The lowest BCUT2D eigenvalue weighted by Crippen LogP contribution is -2.23. The van der Waals surface area contributed by atoms with Crippen LogP contribution in [0.3, 0.4) is 0 Å². The smallest absolute Gasteiger partial charge is 0.263 e. The van der Waals surface area contributed by atoms with E-state index in [4.69, 9.17) is 0 Å². The molecule has 1 aromatic carbocycles. The normalized spacial score (nSPS) is 18.2. The van der Waals surface area contributed by atoms with E-state index < -0.39 is 6.43 Å². The monoisotopic (exact) mass is 293 g/mol. The Morgan fingerprint density at radius 3 is 3.05 bits per heavy atom. The molecular formula is C16H17F2NS. The summed E-state index contributed by atoms with van der Waals surface area (Å²) in [5, 5.41) is 5.65. The zero-order valence-electron chi connectivity index (χ0n) is 11.1. The van der Waals surface area contributed by atoms with Gasteiger partial charge in [-0.05, 0) is 47.9 Å². The second kappa shape index (κ2) is 6.02. The highest BCUT2D eigenvalue weighted by atomic mass is 32.1. The largest absolute Gasteiger partial charge is 0.306 e. The Kier molecular flexibility index (Phi) is 4.13. The van der Waals surface area contributed by atoms with Crippen LogP contribution in [0.2, 0.25) is 0 Å². The average Bonchev–Trinajstić information content (AvgIpc) is 2.94. The predicted octanol–water partition coefficient (Wildman–Crippen LogP) is 4.85. The van der Waals surface area contributed by atoms with E-state index in [1.165, 1.54) is 29.3 Å².